The van der Waals surface area contributed by atoms with Crippen LogP contribution >= 0.6 is 22.9 Å². The van der Waals surface area contributed by atoms with Crippen LogP contribution in [0.15, 0.2) is 34.8 Å². The molecule has 0 amide bonds. The zero-order valence-corrected chi connectivity index (χ0v) is 12.2. The Kier molecular flexibility index (Phi) is 3.38. The molecule has 6 heteroatoms. The Hall–Kier alpha value is -1.98. The summed E-state index contributed by atoms with van der Waals surface area (Å²) in [5.74, 6) is 0.458. The summed E-state index contributed by atoms with van der Waals surface area (Å²) < 4.78 is 0. The quantitative estimate of drug-likeness (QED) is 0.735. The average Bonchev–Trinajstić information content (AvgIpc) is 2.83. The number of nitrogens with two attached hydrogens (primary N) is 1. The highest BCUT2D eigenvalue weighted by atomic mass is 35.5. The van der Waals surface area contributed by atoms with Crippen LogP contribution in [0.25, 0.3) is 21.5 Å². The monoisotopic (exact) mass is 302 g/mol. The van der Waals surface area contributed by atoms with Gasteiger partial charge in [-0.3, -0.25) is 4.99 Å². The van der Waals surface area contributed by atoms with E-state index in [2.05, 4.69) is 15.0 Å². The molecule has 0 atom stereocenters. The van der Waals surface area contributed by atoms with Crippen LogP contribution in [0.2, 0.25) is 5.02 Å². The number of halogens is 1. The molecule has 0 saturated heterocycles. The van der Waals surface area contributed by atoms with Crippen molar-refractivity contribution in [1.82, 2.24) is 9.97 Å². The second kappa shape index (κ2) is 5.19. The molecule has 0 radical (unpaired) electrons. The molecule has 3 aromatic rings. The van der Waals surface area contributed by atoms with E-state index in [1.807, 2.05) is 23.6 Å². The van der Waals surface area contributed by atoms with Gasteiger partial charge in [-0.2, -0.15) is 0 Å². The number of aliphatic imine (C=N–C) groups is 1. The molecule has 0 unspecified atom stereocenters. The summed E-state index contributed by atoms with van der Waals surface area (Å²) in [4.78, 5) is 13.7. The minimum absolute atomic E-state index is 0.458. The van der Waals surface area contributed by atoms with Gasteiger partial charge < -0.3 is 5.73 Å². The van der Waals surface area contributed by atoms with Crippen LogP contribution in [-0.2, 0) is 0 Å². The molecule has 0 saturated carbocycles. The number of fused-ring (bicyclic) bond motifs is 1. The molecule has 0 aromatic carbocycles. The largest absolute Gasteiger partial charge is 0.383 e. The molecular formula is C14H11ClN4S. The van der Waals surface area contributed by atoms with E-state index in [4.69, 9.17) is 17.3 Å². The zero-order valence-electron chi connectivity index (χ0n) is 10.7. The van der Waals surface area contributed by atoms with Gasteiger partial charge in [0.05, 0.1) is 10.7 Å². The molecule has 3 rings (SSSR count). The van der Waals surface area contributed by atoms with Gasteiger partial charge in [0.2, 0.25) is 0 Å². The van der Waals surface area contributed by atoms with E-state index in [9.17, 15) is 0 Å². The minimum atomic E-state index is 0.458. The lowest BCUT2D eigenvalue weighted by Crippen LogP contribution is -1.98. The molecule has 0 aliphatic carbocycles. The minimum Gasteiger partial charge on any atom is -0.383 e. The second-order valence-electron chi connectivity index (χ2n) is 4.22. The molecule has 20 heavy (non-hydrogen) atoms. The number of anilines is 1. The van der Waals surface area contributed by atoms with E-state index in [0.717, 1.165) is 32.1 Å². The fraction of sp³-hybridized carbons (Fsp3) is 0.0714. The predicted octanol–water partition coefficient (Wildman–Crippen LogP) is 3.64. The van der Waals surface area contributed by atoms with Crippen LogP contribution in [0.4, 0.5) is 5.82 Å². The van der Waals surface area contributed by atoms with E-state index in [0.29, 0.717) is 5.82 Å². The first-order valence-electron chi connectivity index (χ1n) is 5.91. The Morgan fingerprint density at radius 3 is 3.05 bits per heavy atom. The van der Waals surface area contributed by atoms with Crippen LogP contribution in [0.1, 0.15) is 5.56 Å². The smallest absolute Gasteiger partial charge is 0.132 e. The zero-order chi connectivity index (χ0) is 14.1. The molecule has 3 aromatic heterocycles. The van der Waals surface area contributed by atoms with Crippen molar-refractivity contribution in [2.45, 2.75) is 0 Å². The number of pyridine rings is 2. The number of nitrogens with zero attached hydrogens (tertiary/aromatic N) is 3. The molecule has 0 aliphatic rings. The summed E-state index contributed by atoms with van der Waals surface area (Å²) in [5, 5.41) is 3.59. The SMILES string of the molecule is CN=Cc1cc(-c2ccc3c(Cl)csc3n2)cnc1N. The van der Waals surface area contributed by atoms with E-state index < -0.39 is 0 Å². The molecular weight excluding hydrogens is 292 g/mol. The van der Waals surface area contributed by atoms with Gasteiger partial charge in [-0.15, -0.1) is 11.3 Å². The number of hydrogen-bond donors (Lipinski definition) is 1. The normalized spacial score (nSPS) is 11.5. The van der Waals surface area contributed by atoms with Crippen molar-refractivity contribution < 1.29 is 0 Å². The third kappa shape index (κ3) is 2.26. The van der Waals surface area contributed by atoms with Crippen molar-refractivity contribution in [3.8, 4) is 11.3 Å². The molecule has 0 aliphatic heterocycles. The van der Waals surface area contributed by atoms with Gasteiger partial charge in [0, 0.05) is 41.4 Å². The number of nitrogen functional groups attached to an aromatic ring is 1. The Labute approximate surface area is 125 Å². The van der Waals surface area contributed by atoms with Crippen LogP contribution < -0.4 is 5.73 Å². The predicted molar refractivity (Wildman–Crippen MR) is 85.8 cm³/mol. The van der Waals surface area contributed by atoms with Crippen LogP contribution in [0.3, 0.4) is 0 Å². The maximum Gasteiger partial charge on any atom is 0.132 e. The van der Waals surface area contributed by atoms with Crippen molar-refractivity contribution in [2.75, 3.05) is 12.8 Å². The van der Waals surface area contributed by atoms with E-state index in [-0.39, 0.29) is 0 Å². The Balaban J connectivity index is 2.12. The summed E-state index contributed by atoms with van der Waals surface area (Å²) in [5.41, 5.74) is 8.34. The first-order chi connectivity index (χ1) is 9.69. The number of aromatic nitrogens is 2. The number of rotatable bonds is 2. The molecule has 0 fully saturated rings. The topological polar surface area (TPSA) is 64.2 Å². The van der Waals surface area contributed by atoms with Crippen LogP contribution in [0.5, 0.6) is 0 Å². The second-order valence-corrected chi connectivity index (χ2v) is 5.48. The standard InChI is InChI=1S/C14H11ClN4S/c1-17-5-9-4-8(6-18-13(9)16)12-3-2-10-11(15)7-20-14(10)19-12/h2-7H,1H3,(H2,16,18). The molecule has 4 nitrogen and oxygen atoms in total. The van der Waals surface area contributed by atoms with Gasteiger partial charge in [-0.05, 0) is 18.2 Å². The number of hydrogen-bond acceptors (Lipinski definition) is 5. The Morgan fingerprint density at radius 2 is 2.25 bits per heavy atom. The fourth-order valence-corrected chi connectivity index (χ4v) is 3.06. The maximum atomic E-state index is 6.08. The highest BCUT2D eigenvalue weighted by Crippen LogP contribution is 2.30. The highest BCUT2D eigenvalue weighted by molar-refractivity contribution is 7.17. The van der Waals surface area contributed by atoms with Crippen molar-refractivity contribution in [3.05, 3.63) is 40.4 Å². The Bertz CT molecular complexity index is 810. The third-order valence-corrected chi connectivity index (χ3v) is 4.24. The molecule has 2 N–H and O–H groups in total. The number of thiophene rings is 1. The van der Waals surface area contributed by atoms with Gasteiger partial charge in [0.15, 0.2) is 0 Å². The lowest BCUT2D eigenvalue weighted by Gasteiger charge is -2.04. The van der Waals surface area contributed by atoms with Crippen molar-refractivity contribution in [2.24, 2.45) is 4.99 Å². The lowest BCUT2D eigenvalue weighted by atomic mass is 10.1. The van der Waals surface area contributed by atoms with E-state index >= 15 is 0 Å². The van der Waals surface area contributed by atoms with E-state index in [1.54, 1.807) is 19.5 Å². The van der Waals surface area contributed by atoms with Crippen molar-refractivity contribution in [3.63, 3.8) is 0 Å². The van der Waals surface area contributed by atoms with Crippen molar-refractivity contribution in [1.29, 1.82) is 0 Å². The molecule has 100 valence electrons. The molecule has 0 spiro atoms. The molecule has 3 heterocycles. The third-order valence-electron chi connectivity index (χ3n) is 2.91. The van der Waals surface area contributed by atoms with Gasteiger partial charge in [-0.1, -0.05) is 11.6 Å². The first kappa shape index (κ1) is 13.0. The van der Waals surface area contributed by atoms with Crippen LogP contribution in [0, 0.1) is 0 Å². The summed E-state index contributed by atoms with van der Waals surface area (Å²) in [6.07, 6.45) is 3.40. The Morgan fingerprint density at radius 1 is 1.40 bits per heavy atom. The van der Waals surface area contributed by atoms with Gasteiger partial charge in [-0.25, -0.2) is 9.97 Å². The maximum absolute atomic E-state index is 6.08. The highest BCUT2D eigenvalue weighted by Gasteiger charge is 2.08. The van der Waals surface area contributed by atoms with Gasteiger partial charge in [0.25, 0.3) is 0 Å². The fourth-order valence-electron chi connectivity index (χ4n) is 1.92. The summed E-state index contributed by atoms with van der Waals surface area (Å²) in [7, 11) is 1.70. The van der Waals surface area contributed by atoms with Crippen LogP contribution in [-0.4, -0.2) is 23.2 Å². The van der Waals surface area contributed by atoms with E-state index in [1.165, 1.54) is 11.3 Å². The average molecular weight is 303 g/mol. The summed E-state index contributed by atoms with van der Waals surface area (Å²) in [6, 6.07) is 5.83. The summed E-state index contributed by atoms with van der Waals surface area (Å²) in [6.45, 7) is 0. The van der Waals surface area contributed by atoms with Crippen molar-refractivity contribution >= 4 is 45.2 Å². The first-order valence-corrected chi connectivity index (χ1v) is 7.16. The molecule has 0 bridgehead atoms. The lowest BCUT2D eigenvalue weighted by molar-refractivity contribution is 1.30. The van der Waals surface area contributed by atoms with Gasteiger partial charge in [0.1, 0.15) is 10.6 Å². The summed E-state index contributed by atoms with van der Waals surface area (Å²) >= 11 is 7.61. The van der Waals surface area contributed by atoms with Gasteiger partial charge >= 0.3 is 0 Å².